The highest BCUT2D eigenvalue weighted by Crippen LogP contribution is 2.28. The van der Waals surface area contributed by atoms with Gasteiger partial charge in [0.1, 0.15) is 0 Å². The summed E-state index contributed by atoms with van der Waals surface area (Å²) in [4.78, 5) is 21.3. The van der Waals surface area contributed by atoms with Crippen LogP contribution in [0.4, 0.5) is 0 Å². The van der Waals surface area contributed by atoms with E-state index in [0.717, 1.165) is 36.5 Å². The summed E-state index contributed by atoms with van der Waals surface area (Å²) < 4.78 is 0. The number of halogens is 1. The molecule has 3 heterocycles. The van der Waals surface area contributed by atoms with Gasteiger partial charge in [-0.05, 0) is 36.6 Å². The van der Waals surface area contributed by atoms with Gasteiger partial charge in [-0.15, -0.1) is 23.7 Å². The number of amides is 1. The molecule has 1 N–H and O–H groups in total. The standard InChI is InChI=1S/C17H21N3OS.ClH/c1-3-15-12(2)9-16(22-15)17(21)20-8-7-19-11-14(20)13-5-4-6-18-10-13;/h4-6,9-10,14,19H,3,7-8,11H2,1-2H3;1H. The average molecular weight is 352 g/mol. The fraction of sp³-hybridized carbons (Fsp3) is 0.412. The Kier molecular flexibility index (Phi) is 6.16. The maximum Gasteiger partial charge on any atom is 0.264 e. The fourth-order valence-corrected chi connectivity index (χ4v) is 4.01. The Morgan fingerprint density at radius 2 is 2.35 bits per heavy atom. The third-order valence-electron chi connectivity index (χ3n) is 4.13. The minimum atomic E-state index is 0. The van der Waals surface area contributed by atoms with Crippen LogP contribution in [0.25, 0.3) is 0 Å². The van der Waals surface area contributed by atoms with E-state index >= 15 is 0 Å². The van der Waals surface area contributed by atoms with Crippen molar-refractivity contribution in [2.45, 2.75) is 26.3 Å². The number of nitrogens with zero attached hydrogens (tertiary/aromatic N) is 2. The highest BCUT2D eigenvalue weighted by atomic mass is 35.5. The van der Waals surface area contributed by atoms with Gasteiger partial charge in [-0.3, -0.25) is 9.78 Å². The Labute approximate surface area is 147 Å². The molecule has 0 spiro atoms. The Balaban J connectivity index is 0.00000192. The van der Waals surface area contributed by atoms with E-state index in [4.69, 9.17) is 0 Å². The van der Waals surface area contributed by atoms with Gasteiger partial charge < -0.3 is 10.2 Å². The number of aromatic nitrogens is 1. The highest BCUT2D eigenvalue weighted by molar-refractivity contribution is 7.14. The number of thiophene rings is 1. The molecule has 0 bridgehead atoms. The third-order valence-corrected chi connectivity index (χ3v) is 5.50. The minimum absolute atomic E-state index is 0. The van der Waals surface area contributed by atoms with Crippen molar-refractivity contribution in [1.82, 2.24) is 15.2 Å². The van der Waals surface area contributed by atoms with Gasteiger partial charge in [0, 0.05) is 36.9 Å². The molecule has 0 radical (unpaired) electrons. The largest absolute Gasteiger partial charge is 0.328 e. The molecule has 1 atom stereocenters. The van der Waals surface area contributed by atoms with Gasteiger partial charge in [0.25, 0.3) is 5.91 Å². The topological polar surface area (TPSA) is 45.2 Å². The fourth-order valence-electron chi connectivity index (χ4n) is 2.94. The van der Waals surface area contributed by atoms with Crippen LogP contribution >= 0.6 is 23.7 Å². The summed E-state index contributed by atoms with van der Waals surface area (Å²) in [6, 6.07) is 6.07. The molecule has 3 rings (SSSR count). The summed E-state index contributed by atoms with van der Waals surface area (Å²) in [6.07, 6.45) is 4.61. The van der Waals surface area contributed by atoms with Crippen molar-refractivity contribution in [1.29, 1.82) is 0 Å². The molecule has 0 saturated carbocycles. The molecule has 124 valence electrons. The molecular formula is C17H22ClN3OS. The number of pyridine rings is 1. The van der Waals surface area contributed by atoms with Crippen LogP contribution in [0.15, 0.2) is 30.6 Å². The SMILES string of the molecule is CCc1sc(C(=O)N2CCNCC2c2cccnc2)cc1C.Cl. The Hall–Kier alpha value is -1.43. The minimum Gasteiger partial charge on any atom is -0.328 e. The number of carbonyl (C=O) groups is 1. The summed E-state index contributed by atoms with van der Waals surface area (Å²) in [5.41, 5.74) is 2.32. The van der Waals surface area contributed by atoms with E-state index in [-0.39, 0.29) is 24.4 Å². The first-order chi connectivity index (χ1) is 10.7. The van der Waals surface area contributed by atoms with Crippen molar-refractivity contribution in [3.63, 3.8) is 0 Å². The molecule has 1 amide bonds. The number of hydrogen-bond donors (Lipinski definition) is 1. The molecular weight excluding hydrogens is 330 g/mol. The van der Waals surface area contributed by atoms with Crippen LogP contribution in [0.5, 0.6) is 0 Å². The molecule has 2 aromatic rings. The van der Waals surface area contributed by atoms with Crippen LogP contribution in [0.3, 0.4) is 0 Å². The third kappa shape index (κ3) is 3.74. The van der Waals surface area contributed by atoms with Gasteiger partial charge in [-0.25, -0.2) is 0 Å². The lowest BCUT2D eigenvalue weighted by Gasteiger charge is -2.36. The second-order valence-corrected chi connectivity index (χ2v) is 6.71. The zero-order chi connectivity index (χ0) is 15.5. The second-order valence-electron chi connectivity index (χ2n) is 5.58. The molecule has 1 fully saturated rings. The van der Waals surface area contributed by atoms with Gasteiger partial charge in [-0.2, -0.15) is 0 Å². The number of piperazine rings is 1. The summed E-state index contributed by atoms with van der Waals surface area (Å²) in [5.74, 6) is 0.142. The van der Waals surface area contributed by atoms with E-state index in [9.17, 15) is 4.79 Å². The Morgan fingerprint density at radius 1 is 1.52 bits per heavy atom. The average Bonchev–Trinajstić information content (AvgIpc) is 2.96. The number of rotatable bonds is 3. The zero-order valence-corrected chi connectivity index (χ0v) is 15.0. The van der Waals surface area contributed by atoms with Crippen molar-refractivity contribution in [2.24, 2.45) is 0 Å². The monoisotopic (exact) mass is 351 g/mol. The van der Waals surface area contributed by atoms with Crippen molar-refractivity contribution in [3.05, 3.63) is 51.5 Å². The zero-order valence-electron chi connectivity index (χ0n) is 13.4. The predicted molar refractivity (Wildman–Crippen MR) is 96.6 cm³/mol. The predicted octanol–water partition coefficient (Wildman–Crippen LogP) is 3.22. The van der Waals surface area contributed by atoms with E-state index in [2.05, 4.69) is 24.1 Å². The second kappa shape index (κ2) is 7.90. The molecule has 6 heteroatoms. The molecule has 0 aromatic carbocycles. The number of nitrogens with one attached hydrogen (secondary N) is 1. The first-order valence-electron chi connectivity index (χ1n) is 7.71. The van der Waals surface area contributed by atoms with Crippen LogP contribution in [-0.4, -0.2) is 35.4 Å². The van der Waals surface area contributed by atoms with Gasteiger partial charge in [0.15, 0.2) is 0 Å². The molecule has 0 aliphatic carbocycles. The summed E-state index contributed by atoms with van der Waals surface area (Å²) in [7, 11) is 0. The Morgan fingerprint density at radius 3 is 3.00 bits per heavy atom. The smallest absolute Gasteiger partial charge is 0.264 e. The first-order valence-corrected chi connectivity index (χ1v) is 8.53. The van der Waals surface area contributed by atoms with Crippen molar-refractivity contribution < 1.29 is 4.79 Å². The van der Waals surface area contributed by atoms with E-state index in [1.165, 1.54) is 10.4 Å². The lowest BCUT2D eigenvalue weighted by atomic mass is 10.0. The van der Waals surface area contributed by atoms with Crippen LogP contribution in [0.1, 0.15) is 38.6 Å². The van der Waals surface area contributed by atoms with Crippen LogP contribution < -0.4 is 5.32 Å². The van der Waals surface area contributed by atoms with E-state index in [1.807, 2.05) is 29.3 Å². The molecule has 1 aliphatic rings. The maximum atomic E-state index is 13.0. The summed E-state index contributed by atoms with van der Waals surface area (Å²) >= 11 is 1.63. The number of hydrogen-bond acceptors (Lipinski definition) is 4. The number of aryl methyl sites for hydroxylation is 2. The first kappa shape index (κ1) is 17.9. The van der Waals surface area contributed by atoms with Crippen LogP contribution in [-0.2, 0) is 6.42 Å². The van der Waals surface area contributed by atoms with Gasteiger partial charge in [0.2, 0.25) is 0 Å². The molecule has 1 unspecified atom stereocenters. The Bertz CT molecular complexity index is 659. The van der Waals surface area contributed by atoms with E-state index in [1.54, 1.807) is 17.5 Å². The van der Waals surface area contributed by atoms with Crippen LogP contribution in [0.2, 0.25) is 0 Å². The molecule has 1 saturated heterocycles. The van der Waals surface area contributed by atoms with Crippen LogP contribution in [0, 0.1) is 6.92 Å². The lowest BCUT2D eigenvalue weighted by molar-refractivity contribution is 0.0639. The van der Waals surface area contributed by atoms with Gasteiger partial charge in [-0.1, -0.05) is 13.0 Å². The van der Waals surface area contributed by atoms with Gasteiger partial charge >= 0.3 is 0 Å². The van der Waals surface area contributed by atoms with Crippen molar-refractivity contribution in [2.75, 3.05) is 19.6 Å². The molecule has 2 aromatic heterocycles. The highest BCUT2D eigenvalue weighted by Gasteiger charge is 2.29. The molecule has 23 heavy (non-hydrogen) atoms. The molecule has 4 nitrogen and oxygen atoms in total. The lowest BCUT2D eigenvalue weighted by Crippen LogP contribution is -2.48. The summed E-state index contributed by atoms with van der Waals surface area (Å²) in [6.45, 7) is 6.57. The van der Waals surface area contributed by atoms with Crippen molar-refractivity contribution >= 4 is 29.7 Å². The van der Waals surface area contributed by atoms with E-state index < -0.39 is 0 Å². The maximum absolute atomic E-state index is 13.0. The summed E-state index contributed by atoms with van der Waals surface area (Å²) in [5, 5.41) is 3.38. The van der Waals surface area contributed by atoms with Gasteiger partial charge in [0.05, 0.1) is 10.9 Å². The quantitative estimate of drug-likeness (QED) is 0.923. The normalized spacial score (nSPS) is 17.7. The van der Waals surface area contributed by atoms with E-state index in [0.29, 0.717) is 0 Å². The number of carbonyl (C=O) groups excluding carboxylic acids is 1. The molecule has 1 aliphatic heterocycles. The van der Waals surface area contributed by atoms with Crippen molar-refractivity contribution in [3.8, 4) is 0 Å².